The van der Waals surface area contributed by atoms with Crippen LogP contribution in [0, 0.1) is 5.92 Å². The lowest BCUT2D eigenvalue weighted by molar-refractivity contribution is -0.122. The van der Waals surface area contributed by atoms with Crippen LogP contribution in [0.1, 0.15) is 46.0 Å². The summed E-state index contributed by atoms with van der Waals surface area (Å²) in [7, 11) is 0. The van der Waals surface area contributed by atoms with Crippen LogP contribution < -0.4 is 10.6 Å². The first-order valence-corrected chi connectivity index (χ1v) is 9.88. The van der Waals surface area contributed by atoms with Crippen LogP contribution in [-0.4, -0.2) is 39.1 Å². The predicted molar refractivity (Wildman–Crippen MR) is 98.0 cm³/mol. The average molecular weight is 353 g/mol. The largest absolute Gasteiger partial charge is 0.352 e. The van der Waals surface area contributed by atoms with Crippen molar-refractivity contribution in [3.05, 3.63) is 12.4 Å². The fourth-order valence-electron chi connectivity index (χ4n) is 2.69. The van der Waals surface area contributed by atoms with Crippen LogP contribution in [0.4, 0.5) is 5.69 Å². The molecule has 2 N–H and O–H groups in total. The Morgan fingerprint density at radius 1 is 1.33 bits per heavy atom. The Labute approximate surface area is 148 Å². The zero-order valence-corrected chi connectivity index (χ0v) is 15.4. The summed E-state index contributed by atoms with van der Waals surface area (Å²) in [5.41, 5.74) is 0.637. The second-order valence-corrected chi connectivity index (χ2v) is 7.86. The van der Waals surface area contributed by atoms with Crippen molar-refractivity contribution < 1.29 is 9.59 Å². The van der Waals surface area contributed by atoms with E-state index < -0.39 is 0 Å². The van der Waals surface area contributed by atoms with Crippen molar-refractivity contribution in [3.63, 3.8) is 0 Å². The van der Waals surface area contributed by atoms with Crippen molar-refractivity contribution in [1.29, 1.82) is 0 Å². The number of carbonyl (C=O) groups is 2. The number of thioether (sulfide) groups is 1. The first kappa shape index (κ1) is 18.8. The van der Waals surface area contributed by atoms with Gasteiger partial charge in [-0.25, -0.2) is 0 Å². The topological polar surface area (TPSA) is 76.0 Å². The number of hydrogen-bond acceptors (Lipinski definition) is 4. The summed E-state index contributed by atoms with van der Waals surface area (Å²) in [6, 6.07) is 0.315. The van der Waals surface area contributed by atoms with Crippen LogP contribution in [0.2, 0.25) is 0 Å². The van der Waals surface area contributed by atoms with Crippen molar-refractivity contribution in [2.75, 3.05) is 16.8 Å². The first-order valence-electron chi connectivity index (χ1n) is 8.72. The molecule has 0 unspecified atom stereocenters. The normalized spacial score (nSPS) is 15.0. The third-order valence-corrected chi connectivity index (χ3v) is 5.01. The molecule has 1 aromatic heterocycles. The summed E-state index contributed by atoms with van der Waals surface area (Å²) in [6.07, 6.45) is 8.92. The molecule has 2 amide bonds. The molecule has 0 spiro atoms. The van der Waals surface area contributed by atoms with Crippen LogP contribution in [-0.2, 0) is 16.1 Å². The molecular weight excluding hydrogens is 324 g/mol. The molecule has 7 heteroatoms. The number of amides is 2. The van der Waals surface area contributed by atoms with E-state index in [4.69, 9.17) is 0 Å². The van der Waals surface area contributed by atoms with Gasteiger partial charge in [0.1, 0.15) is 6.54 Å². The molecule has 134 valence electrons. The minimum Gasteiger partial charge on any atom is -0.352 e. The molecule has 0 bridgehead atoms. The second-order valence-electron chi connectivity index (χ2n) is 6.76. The van der Waals surface area contributed by atoms with E-state index in [2.05, 4.69) is 29.6 Å². The molecule has 1 aliphatic rings. The van der Waals surface area contributed by atoms with Crippen LogP contribution in [0.25, 0.3) is 0 Å². The highest BCUT2D eigenvalue weighted by atomic mass is 32.2. The monoisotopic (exact) mass is 352 g/mol. The Bertz CT molecular complexity index is 538. The number of carbonyl (C=O) groups excluding carboxylic acids is 2. The fourth-order valence-corrected chi connectivity index (χ4v) is 3.73. The van der Waals surface area contributed by atoms with Gasteiger partial charge in [0.2, 0.25) is 11.8 Å². The van der Waals surface area contributed by atoms with Crippen molar-refractivity contribution in [3.8, 4) is 0 Å². The summed E-state index contributed by atoms with van der Waals surface area (Å²) >= 11 is 1.64. The first-order chi connectivity index (χ1) is 11.5. The Morgan fingerprint density at radius 2 is 2.08 bits per heavy atom. The van der Waals surface area contributed by atoms with Crippen molar-refractivity contribution in [2.45, 2.75) is 58.5 Å². The van der Waals surface area contributed by atoms with Crippen LogP contribution in [0.15, 0.2) is 12.4 Å². The van der Waals surface area contributed by atoms with Crippen LogP contribution in [0.5, 0.6) is 0 Å². The second kappa shape index (κ2) is 9.71. The molecule has 6 nitrogen and oxygen atoms in total. The standard InChI is InChI=1S/C17H28N4O2S/c1-13(2)7-8-24-12-17(23)20-15-9-18-21(10-15)11-16(22)19-14-5-3-4-6-14/h9-10,13-14H,3-8,11-12H2,1-2H3,(H,19,22)(H,20,23). The highest BCUT2D eigenvalue weighted by molar-refractivity contribution is 7.99. The molecule has 1 aromatic rings. The number of rotatable bonds is 9. The van der Waals surface area contributed by atoms with Gasteiger partial charge in [0.15, 0.2) is 0 Å². The van der Waals surface area contributed by atoms with E-state index in [1.165, 1.54) is 12.8 Å². The lowest BCUT2D eigenvalue weighted by Crippen LogP contribution is -2.35. The summed E-state index contributed by atoms with van der Waals surface area (Å²) in [6.45, 7) is 4.55. The maximum absolute atomic E-state index is 12.0. The molecule has 1 fully saturated rings. The van der Waals surface area contributed by atoms with Gasteiger partial charge in [-0.3, -0.25) is 14.3 Å². The molecular formula is C17H28N4O2S. The van der Waals surface area contributed by atoms with Crippen molar-refractivity contribution in [1.82, 2.24) is 15.1 Å². The lowest BCUT2D eigenvalue weighted by atomic mass is 10.2. The summed E-state index contributed by atoms with van der Waals surface area (Å²) in [5.74, 6) is 2.05. The number of nitrogens with zero attached hydrogens (tertiary/aromatic N) is 2. The summed E-state index contributed by atoms with van der Waals surface area (Å²) in [5, 5.41) is 9.99. The molecule has 1 aliphatic carbocycles. The molecule has 1 heterocycles. The predicted octanol–water partition coefficient (Wildman–Crippen LogP) is 2.66. The molecule has 0 atom stereocenters. The smallest absolute Gasteiger partial charge is 0.241 e. The van der Waals surface area contributed by atoms with Gasteiger partial charge in [0.25, 0.3) is 0 Å². The Balaban J connectivity index is 1.68. The minimum atomic E-state index is -0.0290. The zero-order valence-electron chi connectivity index (χ0n) is 14.6. The van der Waals surface area contributed by atoms with Crippen molar-refractivity contribution >= 4 is 29.3 Å². The van der Waals surface area contributed by atoms with Gasteiger partial charge in [-0.1, -0.05) is 26.7 Å². The Morgan fingerprint density at radius 3 is 2.79 bits per heavy atom. The number of anilines is 1. The van der Waals surface area contributed by atoms with Crippen LogP contribution in [0.3, 0.4) is 0 Å². The SMILES string of the molecule is CC(C)CCSCC(=O)Nc1cnn(CC(=O)NC2CCCC2)c1. The molecule has 2 rings (SSSR count). The van der Waals surface area contributed by atoms with E-state index in [1.807, 2.05) is 0 Å². The van der Waals surface area contributed by atoms with E-state index in [-0.39, 0.29) is 18.4 Å². The van der Waals surface area contributed by atoms with E-state index in [0.717, 1.165) is 25.0 Å². The quantitative estimate of drug-likeness (QED) is 0.670. The van der Waals surface area contributed by atoms with Gasteiger partial charge < -0.3 is 10.6 Å². The third kappa shape index (κ3) is 6.95. The number of aromatic nitrogens is 2. The van der Waals surface area contributed by atoms with Gasteiger partial charge in [0.05, 0.1) is 17.6 Å². The molecule has 24 heavy (non-hydrogen) atoms. The maximum Gasteiger partial charge on any atom is 0.241 e. The molecule has 0 saturated heterocycles. The molecule has 0 radical (unpaired) electrons. The van der Waals surface area contributed by atoms with Crippen LogP contribution >= 0.6 is 11.8 Å². The van der Waals surface area contributed by atoms with Gasteiger partial charge in [0, 0.05) is 12.2 Å². The molecule has 0 aromatic carbocycles. The van der Waals surface area contributed by atoms with Gasteiger partial charge in [-0.2, -0.15) is 16.9 Å². The summed E-state index contributed by atoms with van der Waals surface area (Å²) < 4.78 is 1.56. The highest BCUT2D eigenvalue weighted by Gasteiger charge is 2.17. The zero-order chi connectivity index (χ0) is 17.4. The summed E-state index contributed by atoms with van der Waals surface area (Å²) in [4.78, 5) is 23.8. The highest BCUT2D eigenvalue weighted by Crippen LogP contribution is 2.17. The fraction of sp³-hybridized carbons (Fsp3) is 0.706. The van der Waals surface area contributed by atoms with E-state index in [1.54, 1.807) is 28.8 Å². The van der Waals surface area contributed by atoms with E-state index in [9.17, 15) is 9.59 Å². The van der Waals surface area contributed by atoms with Crippen molar-refractivity contribution in [2.24, 2.45) is 5.92 Å². The molecule has 1 saturated carbocycles. The van der Waals surface area contributed by atoms with Gasteiger partial charge in [-0.05, 0) is 30.9 Å². The number of hydrogen-bond donors (Lipinski definition) is 2. The van der Waals surface area contributed by atoms with Gasteiger partial charge >= 0.3 is 0 Å². The molecule has 0 aliphatic heterocycles. The number of nitrogens with one attached hydrogen (secondary N) is 2. The maximum atomic E-state index is 12.0. The van der Waals surface area contributed by atoms with Gasteiger partial charge in [-0.15, -0.1) is 0 Å². The lowest BCUT2D eigenvalue weighted by Gasteiger charge is -2.11. The Kier molecular flexibility index (Phi) is 7.62. The van der Waals surface area contributed by atoms with E-state index in [0.29, 0.717) is 23.4 Å². The Hall–Kier alpha value is -1.50. The average Bonchev–Trinajstić information content (AvgIpc) is 3.15. The third-order valence-electron chi connectivity index (χ3n) is 4.02. The van der Waals surface area contributed by atoms with E-state index >= 15 is 0 Å². The minimum absolute atomic E-state index is 0.0212.